The summed E-state index contributed by atoms with van der Waals surface area (Å²) in [5, 5.41) is 7.71. The van der Waals surface area contributed by atoms with Crippen molar-refractivity contribution in [1.82, 2.24) is 9.13 Å². The molecule has 0 saturated carbocycles. The van der Waals surface area contributed by atoms with Gasteiger partial charge < -0.3 is 14.0 Å². The predicted octanol–water partition coefficient (Wildman–Crippen LogP) is 16.4. The topological polar surface area (TPSA) is 13.1 Å². The summed E-state index contributed by atoms with van der Waals surface area (Å²) in [7, 11) is 0. The van der Waals surface area contributed by atoms with Gasteiger partial charge in [0.2, 0.25) is 0 Å². The minimum atomic E-state index is 0.331. The molecule has 0 N–H and O–H groups in total. The Morgan fingerprint density at radius 3 is 1.46 bits per heavy atom. The fourth-order valence-electron chi connectivity index (χ4n) is 12.0. The van der Waals surface area contributed by atoms with Crippen molar-refractivity contribution in [3.8, 4) is 33.6 Å². The molecule has 0 aliphatic heterocycles. The third kappa shape index (κ3) is 6.73. The van der Waals surface area contributed by atoms with Crippen molar-refractivity contribution in [2.45, 2.75) is 6.92 Å². The monoisotopic (exact) mass is 919 g/mol. The normalized spacial score (nSPS) is 15.1. The van der Waals surface area contributed by atoms with E-state index < -0.39 is 0 Å². The number of para-hydroxylation sites is 5. The van der Waals surface area contributed by atoms with Crippen molar-refractivity contribution in [3.63, 3.8) is 0 Å². The van der Waals surface area contributed by atoms with Crippen LogP contribution in [0.1, 0.15) is 12.5 Å². The highest BCUT2D eigenvalue weighted by atomic mass is 15.1. The van der Waals surface area contributed by atoms with Gasteiger partial charge in [0.05, 0.1) is 27.8 Å². The van der Waals surface area contributed by atoms with Crippen LogP contribution in [-0.2, 0) is 0 Å². The van der Waals surface area contributed by atoms with Gasteiger partial charge in [-0.2, -0.15) is 0 Å². The lowest BCUT2D eigenvalue weighted by atomic mass is 9.73. The maximum absolute atomic E-state index is 2.42. The standard InChI is InChI=1S/C69H49N3/c1-46-55-19-2-3-21-57(55)58-22-4-5-27-63(58)69(46)49-37-43-53(44-38-49)70(51-39-33-47(34-40-51)50-17-16-18-54(45-50)71-65-29-12-7-23-59(65)60-24-8-13-30-66(60)71)52-41-35-48(36-42-52)56-20-6-11-28-64(56)72-67-31-14-9-25-61(67)62-26-10-15-32-68(62)72/h2-46,55H,1H3. The van der Waals surface area contributed by atoms with Gasteiger partial charge in [-0.25, -0.2) is 0 Å². The molecule has 2 unspecified atom stereocenters. The summed E-state index contributed by atoms with van der Waals surface area (Å²) in [6, 6.07) is 89.1. The summed E-state index contributed by atoms with van der Waals surface area (Å²) < 4.78 is 4.82. The molecule has 2 aliphatic carbocycles. The minimum Gasteiger partial charge on any atom is -0.311 e. The quantitative estimate of drug-likeness (QED) is 0.148. The van der Waals surface area contributed by atoms with Crippen molar-refractivity contribution in [2.24, 2.45) is 11.8 Å². The number of hydrogen-bond acceptors (Lipinski definition) is 1. The molecule has 0 fully saturated rings. The largest absolute Gasteiger partial charge is 0.311 e. The number of hydrogen-bond donors (Lipinski definition) is 0. The van der Waals surface area contributed by atoms with E-state index in [9.17, 15) is 0 Å². The molecule has 10 aromatic carbocycles. The lowest BCUT2D eigenvalue weighted by Crippen LogP contribution is -2.39. The first kappa shape index (κ1) is 41.8. The minimum absolute atomic E-state index is 0.331. The molecule has 0 spiro atoms. The fraction of sp³-hybridized carbons (Fsp3) is 0.0435. The second kappa shape index (κ2) is 17.0. The molecule has 0 bridgehead atoms. The highest BCUT2D eigenvalue weighted by Crippen LogP contribution is 2.42. The van der Waals surface area contributed by atoms with Crippen LogP contribution in [0.4, 0.5) is 17.1 Å². The highest BCUT2D eigenvalue weighted by molar-refractivity contribution is 6.10. The predicted molar refractivity (Wildman–Crippen MR) is 303 cm³/mol. The zero-order valence-corrected chi connectivity index (χ0v) is 39.9. The van der Waals surface area contributed by atoms with Gasteiger partial charge >= 0.3 is 0 Å². The molecule has 14 rings (SSSR count). The van der Waals surface area contributed by atoms with Crippen molar-refractivity contribution in [1.29, 1.82) is 0 Å². The Bertz CT molecular complexity index is 4170. The Morgan fingerprint density at radius 2 is 0.861 bits per heavy atom. The SMILES string of the molecule is CC1C(c2ccc(N(c3ccc(-c4cccc(-n5c6ccccc6c6ccccc65)c4)cc3)c3ccc(-c4ccccc4-n4c5ccccc5c5ccccc54)cc3)cc2)=c2ccccc2=C2C=CC=CC21. The summed E-state index contributed by atoms with van der Waals surface area (Å²) in [4.78, 5) is 2.40. The number of aromatic nitrogens is 2. The highest BCUT2D eigenvalue weighted by Gasteiger charge is 2.28. The first-order valence-electron chi connectivity index (χ1n) is 25.1. The molecule has 2 aliphatic rings. The van der Waals surface area contributed by atoms with E-state index in [0.717, 1.165) is 39.6 Å². The molecule has 340 valence electrons. The smallest absolute Gasteiger partial charge is 0.0541 e. The van der Waals surface area contributed by atoms with Crippen LogP contribution in [-0.4, -0.2) is 9.13 Å². The first-order chi connectivity index (χ1) is 35.7. The van der Waals surface area contributed by atoms with Crippen molar-refractivity contribution >= 4 is 71.8 Å². The maximum Gasteiger partial charge on any atom is 0.0541 e. The molecule has 3 nitrogen and oxygen atoms in total. The fourth-order valence-corrected chi connectivity index (χ4v) is 12.0. The number of benzene rings is 10. The summed E-state index contributed by atoms with van der Waals surface area (Å²) in [5.41, 5.74) is 19.2. The first-order valence-corrected chi connectivity index (χ1v) is 25.1. The lowest BCUT2D eigenvalue weighted by Gasteiger charge is -2.31. The van der Waals surface area contributed by atoms with Crippen LogP contribution in [0.25, 0.3) is 88.4 Å². The molecule has 0 saturated heterocycles. The van der Waals surface area contributed by atoms with E-state index in [-0.39, 0.29) is 0 Å². The molecule has 2 aromatic heterocycles. The van der Waals surface area contributed by atoms with Gasteiger partial charge in [0, 0.05) is 55.8 Å². The average Bonchev–Trinajstić information content (AvgIpc) is 3.97. The average molecular weight is 920 g/mol. The zero-order valence-electron chi connectivity index (χ0n) is 39.9. The van der Waals surface area contributed by atoms with Crippen molar-refractivity contribution in [3.05, 3.63) is 283 Å². The van der Waals surface area contributed by atoms with Crippen LogP contribution in [0, 0.1) is 11.8 Å². The lowest BCUT2D eigenvalue weighted by molar-refractivity contribution is 0.632. The third-order valence-electron chi connectivity index (χ3n) is 15.3. The van der Waals surface area contributed by atoms with Crippen LogP contribution in [0.3, 0.4) is 0 Å². The van der Waals surface area contributed by atoms with Crippen LogP contribution in [0.5, 0.6) is 0 Å². The van der Waals surface area contributed by atoms with Gasteiger partial charge in [0.15, 0.2) is 0 Å². The van der Waals surface area contributed by atoms with Crippen LogP contribution < -0.4 is 15.3 Å². The van der Waals surface area contributed by atoms with E-state index in [4.69, 9.17) is 0 Å². The summed E-state index contributed by atoms with van der Waals surface area (Å²) in [6.07, 6.45) is 9.07. The van der Waals surface area contributed by atoms with Gasteiger partial charge in [-0.05, 0) is 129 Å². The van der Waals surface area contributed by atoms with E-state index in [2.05, 4.69) is 288 Å². The molecule has 0 radical (unpaired) electrons. The summed E-state index contributed by atoms with van der Waals surface area (Å²) in [6.45, 7) is 2.39. The molecular formula is C69H49N3. The van der Waals surface area contributed by atoms with Gasteiger partial charge in [0.1, 0.15) is 0 Å². The molecule has 12 aromatic rings. The van der Waals surface area contributed by atoms with Gasteiger partial charge in [-0.3, -0.25) is 0 Å². The van der Waals surface area contributed by atoms with Gasteiger partial charge in [-0.1, -0.05) is 195 Å². The van der Waals surface area contributed by atoms with Crippen molar-refractivity contribution in [2.75, 3.05) is 4.90 Å². The second-order valence-electron chi connectivity index (χ2n) is 19.3. The molecule has 3 heteroatoms. The Hall–Kier alpha value is -9.18. The molecular weight excluding hydrogens is 871 g/mol. The van der Waals surface area contributed by atoms with Gasteiger partial charge in [0.25, 0.3) is 0 Å². The summed E-state index contributed by atoms with van der Waals surface area (Å²) >= 11 is 0. The van der Waals surface area contributed by atoms with E-state index in [1.54, 1.807) is 0 Å². The zero-order chi connectivity index (χ0) is 47.7. The number of fused-ring (bicyclic) bond motifs is 8. The van der Waals surface area contributed by atoms with E-state index in [1.807, 2.05) is 0 Å². The van der Waals surface area contributed by atoms with E-state index in [1.165, 1.54) is 81.9 Å². The molecule has 72 heavy (non-hydrogen) atoms. The van der Waals surface area contributed by atoms with Gasteiger partial charge in [-0.15, -0.1) is 0 Å². The van der Waals surface area contributed by atoms with E-state index >= 15 is 0 Å². The number of allylic oxidation sites excluding steroid dienone is 4. The number of anilines is 3. The summed E-state index contributed by atoms with van der Waals surface area (Å²) in [5.74, 6) is 0.674. The molecule has 2 atom stereocenters. The third-order valence-corrected chi connectivity index (χ3v) is 15.3. The second-order valence-corrected chi connectivity index (χ2v) is 19.3. The Morgan fingerprint density at radius 1 is 0.375 bits per heavy atom. The Balaban J connectivity index is 0.870. The van der Waals surface area contributed by atoms with Crippen LogP contribution >= 0.6 is 0 Å². The molecule has 2 heterocycles. The van der Waals surface area contributed by atoms with Crippen LogP contribution in [0.2, 0.25) is 0 Å². The van der Waals surface area contributed by atoms with Crippen LogP contribution in [0.15, 0.2) is 267 Å². The number of rotatable bonds is 8. The molecule has 0 amide bonds. The van der Waals surface area contributed by atoms with E-state index in [0.29, 0.717) is 11.8 Å². The van der Waals surface area contributed by atoms with Crippen molar-refractivity contribution < 1.29 is 0 Å². The Labute approximate surface area is 419 Å². The number of nitrogens with zero attached hydrogens (tertiary/aromatic N) is 3. The Kier molecular flexibility index (Phi) is 9.89. The maximum atomic E-state index is 2.42.